The van der Waals surface area contributed by atoms with Crippen molar-refractivity contribution in [3.05, 3.63) is 29.8 Å². The van der Waals surface area contributed by atoms with E-state index in [0.717, 1.165) is 5.56 Å². The molecule has 2 aliphatic rings. The maximum atomic E-state index is 11.9. The highest BCUT2D eigenvalue weighted by Crippen LogP contribution is 2.57. The Labute approximate surface area is 178 Å². The van der Waals surface area contributed by atoms with Crippen molar-refractivity contribution in [2.24, 2.45) is 17.6 Å². The topological polar surface area (TPSA) is 218 Å². The average molecular weight is 479 g/mol. The molecule has 1 amide bonds. The summed E-state index contributed by atoms with van der Waals surface area (Å²) in [6.07, 6.45) is 0. The molecule has 6 N–H and O–H groups in total. The van der Waals surface area contributed by atoms with Gasteiger partial charge in [-0.25, -0.2) is 13.2 Å². The Morgan fingerprint density at radius 1 is 1.19 bits per heavy atom. The van der Waals surface area contributed by atoms with E-state index in [9.17, 15) is 36.3 Å². The van der Waals surface area contributed by atoms with E-state index in [2.05, 4.69) is 5.32 Å². The number of aliphatic carboxylic acids is 2. The molecular formula is C17H22N2O10S2. The number of carboxylic acids is 2. The molecule has 172 valence electrons. The molecule has 1 aromatic rings. The van der Waals surface area contributed by atoms with Crippen LogP contribution in [0, 0.1) is 18.8 Å². The van der Waals surface area contributed by atoms with E-state index in [-0.39, 0.29) is 4.90 Å². The third kappa shape index (κ3) is 4.87. The lowest BCUT2D eigenvalue weighted by atomic mass is 9.93. The number of carboxylic acid groups (broad SMARTS) is 2. The maximum Gasteiger partial charge on any atom is 0.330 e. The summed E-state index contributed by atoms with van der Waals surface area (Å²) in [4.78, 5) is 34.0. The Morgan fingerprint density at radius 3 is 2.06 bits per heavy atom. The van der Waals surface area contributed by atoms with Crippen LogP contribution in [0.15, 0.2) is 29.2 Å². The van der Waals surface area contributed by atoms with E-state index in [1.54, 1.807) is 12.1 Å². The molecule has 12 nitrogen and oxygen atoms in total. The molecule has 0 aromatic heterocycles. The van der Waals surface area contributed by atoms with E-state index in [4.69, 9.17) is 15.4 Å². The molecule has 1 aromatic carbocycles. The maximum absolute atomic E-state index is 11.9. The zero-order valence-electron chi connectivity index (χ0n) is 16.4. The fourth-order valence-corrected chi connectivity index (χ4v) is 6.73. The molecule has 1 saturated heterocycles. The van der Waals surface area contributed by atoms with Crippen molar-refractivity contribution < 1.29 is 46.0 Å². The first kappa shape index (κ1) is 24.7. The molecular weight excluding hydrogens is 456 g/mol. The number of carbonyl (C=O) groups is 3. The average Bonchev–Trinajstić information content (AvgIpc) is 3.33. The first-order chi connectivity index (χ1) is 14.0. The van der Waals surface area contributed by atoms with Crippen molar-refractivity contribution in [3.8, 4) is 0 Å². The second-order valence-corrected chi connectivity index (χ2v) is 11.1. The Bertz CT molecular complexity index is 1110. The number of aryl methyl sites for hydroxylation is 1. The van der Waals surface area contributed by atoms with Crippen LogP contribution in [0.1, 0.15) is 12.5 Å². The fourth-order valence-electron chi connectivity index (χ4n) is 3.54. The summed E-state index contributed by atoms with van der Waals surface area (Å²) in [5.41, 5.74) is 4.17. The SMILES string of the molecule is C[C@H](N)C(=O)N[C@@]1(C(=O)O)CS(=O)(=O)[C@@H]2C1[C@H]2C(=O)O.Cc1ccc(S(=O)(=O)O)cc1. The molecule has 0 bridgehead atoms. The molecule has 31 heavy (non-hydrogen) atoms. The van der Waals surface area contributed by atoms with Gasteiger partial charge in [-0.05, 0) is 26.0 Å². The summed E-state index contributed by atoms with van der Waals surface area (Å²) in [5, 5.41) is 19.1. The highest BCUT2D eigenvalue weighted by atomic mass is 32.2. The summed E-state index contributed by atoms with van der Waals surface area (Å²) in [6.45, 7) is 3.15. The number of rotatable bonds is 5. The zero-order chi connectivity index (χ0) is 23.9. The van der Waals surface area contributed by atoms with Crippen LogP contribution in [0.3, 0.4) is 0 Å². The molecule has 0 spiro atoms. The minimum Gasteiger partial charge on any atom is -0.481 e. The summed E-state index contributed by atoms with van der Waals surface area (Å²) in [7, 11) is -7.91. The van der Waals surface area contributed by atoms with E-state index in [1.807, 2.05) is 6.92 Å². The monoisotopic (exact) mass is 478 g/mol. The molecule has 1 saturated carbocycles. The van der Waals surface area contributed by atoms with Crippen LogP contribution in [-0.4, -0.2) is 72.0 Å². The Balaban J connectivity index is 0.000000262. The van der Waals surface area contributed by atoms with Crippen LogP contribution in [0.25, 0.3) is 0 Å². The fraction of sp³-hybridized carbons (Fsp3) is 0.471. The van der Waals surface area contributed by atoms with Gasteiger partial charge in [0, 0.05) is 5.92 Å². The third-order valence-corrected chi connectivity index (χ3v) is 8.25. The van der Waals surface area contributed by atoms with Crippen LogP contribution in [0.5, 0.6) is 0 Å². The first-order valence-corrected chi connectivity index (χ1v) is 12.0. The van der Waals surface area contributed by atoms with Gasteiger partial charge in [-0.1, -0.05) is 17.7 Å². The van der Waals surface area contributed by atoms with Gasteiger partial charge in [-0.2, -0.15) is 8.42 Å². The van der Waals surface area contributed by atoms with Crippen molar-refractivity contribution >= 4 is 37.8 Å². The van der Waals surface area contributed by atoms with Crippen molar-refractivity contribution in [2.45, 2.75) is 35.6 Å². The van der Waals surface area contributed by atoms with Gasteiger partial charge in [0.05, 0.1) is 27.9 Å². The van der Waals surface area contributed by atoms with Crippen LogP contribution in [-0.2, 0) is 34.3 Å². The van der Waals surface area contributed by atoms with Crippen molar-refractivity contribution in [3.63, 3.8) is 0 Å². The summed E-state index contributed by atoms with van der Waals surface area (Å²) >= 11 is 0. The van der Waals surface area contributed by atoms with Crippen LogP contribution >= 0.6 is 0 Å². The second kappa shape index (κ2) is 8.18. The van der Waals surface area contributed by atoms with Gasteiger partial charge in [-0.15, -0.1) is 0 Å². The number of fused-ring (bicyclic) bond motifs is 1. The highest BCUT2D eigenvalue weighted by Gasteiger charge is 2.79. The number of benzene rings is 1. The van der Waals surface area contributed by atoms with E-state index < -0.39 is 72.2 Å². The normalized spacial score (nSPS) is 29.0. The van der Waals surface area contributed by atoms with Crippen molar-refractivity contribution in [1.82, 2.24) is 5.32 Å². The summed E-state index contributed by atoms with van der Waals surface area (Å²) < 4.78 is 53.3. The molecule has 1 aliphatic heterocycles. The third-order valence-electron chi connectivity index (χ3n) is 5.11. The van der Waals surface area contributed by atoms with Gasteiger partial charge in [0.15, 0.2) is 15.4 Å². The second-order valence-electron chi connectivity index (χ2n) is 7.50. The van der Waals surface area contributed by atoms with Crippen molar-refractivity contribution in [2.75, 3.05) is 5.75 Å². The number of hydrogen-bond donors (Lipinski definition) is 5. The molecule has 1 aliphatic carbocycles. The Morgan fingerprint density at radius 2 is 1.71 bits per heavy atom. The van der Waals surface area contributed by atoms with Gasteiger partial charge < -0.3 is 21.3 Å². The minimum absolute atomic E-state index is 0.0666. The minimum atomic E-state index is -4.02. The number of amides is 1. The quantitative estimate of drug-likeness (QED) is 0.311. The lowest BCUT2D eigenvalue weighted by Crippen LogP contribution is -2.61. The van der Waals surface area contributed by atoms with Gasteiger partial charge in [0.25, 0.3) is 10.1 Å². The van der Waals surface area contributed by atoms with Crippen molar-refractivity contribution in [1.29, 1.82) is 0 Å². The lowest BCUT2D eigenvalue weighted by Gasteiger charge is -2.28. The number of nitrogens with two attached hydrogens (primary N) is 1. The van der Waals surface area contributed by atoms with Crippen LogP contribution in [0.4, 0.5) is 0 Å². The van der Waals surface area contributed by atoms with E-state index >= 15 is 0 Å². The zero-order valence-corrected chi connectivity index (χ0v) is 18.1. The summed E-state index contributed by atoms with van der Waals surface area (Å²) in [6, 6.07) is 4.96. The lowest BCUT2D eigenvalue weighted by molar-refractivity contribution is -0.148. The van der Waals surface area contributed by atoms with E-state index in [1.165, 1.54) is 19.1 Å². The number of carbonyl (C=O) groups excluding carboxylic acids is 1. The standard InChI is InChI=1S/C10H14N2O7S.C7H8O3S/c1-3(11)7(13)12-10(9(16)17)2-20(18,19)6-4(5(6)10)8(14)15;1-6-2-4-7(5-3-6)11(8,9)10/h3-6H,2,11H2,1H3,(H,12,13)(H,14,15)(H,16,17);2-5H,1H3,(H,8,9,10)/t3-,4+,5?,6-,10-;/m0./s1. The number of hydrogen-bond acceptors (Lipinski definition) is 8. The Kier molecular flexibility index (Phi) is 6.52. The van der Waals surface area contributed by atoms with Gasteiger partial charge in [0.1, 0.15) is 0 Å². The molecule has 1 heterocycles. The number of sulfone groups is 1. The number of nitrogens with one attached hydrogen (secondary N) is 1. The molecule has 1 unspecified atom stereocenters. The first-order valence-electron chi connectivity index (χ1n) is 8.84. The van der Waals surface area contributed by atoms with E-state index in [0.29, 0.717) is 0 Å². The smallest absolute Gasteiger partial charge is 0.330 e. The van der Waals surface area contributed by atoms with Gasteiger partial charge >= 0.3 is 11.9 Å². The largest absolute Gasteiger partial charge is 0.481 e. The van der Waals surface area contributed by atoms with Crippen LogP contribution < -0.4 is 11.1 Å². The van der Waals surface area contributed by atoms with Gasteiger partial charge in [-0.3, -0.25) is 14.1 Å². The Hall–Kier alpha value is -2.55. The molecule has 2 fully saturated rings. The van der Waals surface area contributed by atoms with Gasteiger partial charge in [0.2, 0.25) is 5.91 Å². The molecule has 0 radical (unpaired) electrons. The predicted octanol–water partition coefficient (Wildman–Crippen LogP) is -1.36. The molecule has 14 heteroatoms. The summed E-state index contributed by atoms with van der Waals surface area (Å²) in [5.74, 6) is -7.06. The van der Waals surface area contributed by atoms with Crippen LogP contribution in [0.2, 0.25) is 0 Å². The predicted molar refractivity (Wildman–Crippen MR) is 105 cm³/mol. The molecule has 3 rings (SSSR count). The molecule has 5 atom stereocenters. The highest BCUT2D eigenvalue weighted by molar-refractivity contribution is 7.92.